The van der Waals surface area contributed by atoms with Gasteiger partial charge < -0.3 is 5.32 Å². The van der Waals surface area contributed by atoms with Gasteiger partial charge in [0, 0.05) is 10.6 Å². The summed E-state index contributed by atoms with van der Waals surface area (Å²) in [5.41, 5.74) is 1.29. The minimum Gasteiger partial charge on any atom is -0.377 e. The zero-order chi connectivity index (χ0) is 13.1. The fourth-order valence-electron chi connectivity index (χ4n) is 1.75. The average molecular weight is 284 g/mol. The van der Waals surface area contributed by atoms with Crippen LogP contribution in [-0.4, -0.2) is 0 Å². The van der Waals surface area contributed by atoms with Crippen LogP contribution in [0.25, 0.3) is 0 Å². The molecule has 0 fully saturated rings. The highest BCUT2D eigenvalue weighted by molar-refractivity contribution is 6.35. The van der Waals surface area contributed by atoms with E-state index in [0.717, 1.165) is 0 Å². The molecule has 0 aliphatic rings. The first-order valence-electron chi connectivity index (χ1n) is 5.54. The third-order valence-electron chi connectivity index (χ3n) is 2.67. The molecule has 1 unspecified atom stereocenters. The normalized spacial score (nSPS) is 12.2. The van der Waals surface area contributed by atoms with Crippen molar-refractivity contribution in [2.24, 2.45) is 0 Å². The Hall–Kier alpha value is -1.25. The highest BCUT2D eigenvalue weighted by atomic mass is 35.5. The Morgan fingerprint density at radius 2 is 1.83 bits per heavy atom. The van der Waals surface area contributed by atoms with Gasteiger partial charge in [-0.2, -0.15) is 0 Å². The van der Waals surface area contributed by atoms with Crippen molar-refractivity contribution >= 4 is 28.9 Å². The Balaban J connectivity index is 2.24. The molecule has 0 aliphatic heterocycles. The van der Waals surface area contributed by atoms with Crippen LogP contribution in [0.4, 0.5) is 10.1 Å². The molecule has 4 heteroatoms. The minimum absolute atomic E-state index is 0.192. The summed E-state index contributed by atoms with van der Waals surface area (Å²) in [6, 6.07) is 11.6. The zero-order valence-corrected chi connectivity index (χ0v) is 11.3. The SMILES string of the molecule is CC(Nc1cc(Cl)ccc1Cl)c1ccccc1F. The van der Waals surface area contributed by atoms with E-state index in [1.165, 1.54) is 6.07 Å². The number of hydrogen-bond acceptors (Lipinski definition) is 1. The van der Waals surface area contributed by atoms with Crippen molar-refractivity contribution in [2.45, 2.75) is 13.0 Å². The predicted molar refractivity (Wildman–Crippen MR) is 74.9 cm³/mol. The number of benzene rings is 2. The summed E-state index contributed by atoms with van der Waals surface area (Å²) in [6.45, 7) is 1.87. The van der Waals surface area contributed by atoms with Crippen LogP contribution in [-0.2, 0) is 0 Å². The first kappa shape index (κ1) is 13.2. The van der Waals surface area contributed by atoms with Crippen LogP contribution in [0, 0.1) is 5.82 Å². The van der Waals surface area contributed by atoms with Crippen LogP contribution in [0.3, 0.4) is 0 Å². The third-order valence-corrected chi connectivity index (χ3v) is 3.24. The van der Waals surface area contributed by atoms with E-state index in [4.69, 9.17) is 23.2 Å². The highest BCUT2D eigenvalue weighted by Gasteiger charge is 2.11. The summed E-state index contributed by atoms with van der Waals surface area (Å²) in [7, 11) is 0. The van der Waals surface area contributed by atoms with Crippen LogP contribution in [0.1, 0.15) is 18.5 Å². The van der Waals surface area contributed by atoms with Gasteiger partial charge >= 0.3 is 0 Å². The van der Waals surface area contributed by atoms with E-state index in [0.29, 0.717) is 21.3 Å². The molecule has 0 bridgehead atoms. The topological polar surface area (TPSA) is 12.0 Å². The van der Waals surface area contributed by atoms with Crippen molar-refractivity contribution in [3.8, 4) is 0 Å². The maximum atomic E-state index is 13.6. The second-order valence-electron chi connectivity index (χ2n) is 4.01. The van der Waals surface area contributed by atoms with Crippen molar-refractivity contribution in [3.63, 3.8) is 0 Å². The van der Waals surface area contributed by atoms with Gasteiger partial charge in [-0.15, -0.1) is 0 Å². The van der Waals surface area contributed by atoms with Crippen molar-refractivity contribution in [2.75, 3.05) is 5.32 Å². The molecule has 1 nitrogen and oxygen atoms in total. The maximum Gasteiger partial charge on any atom is 0.128 e. The van der Waals surface area contributed by atoms with Crippen LogP contribution in [0.15, 0.2) is 42.5 Å². The van der Waals surface area contributed by atoms with Crippen molar-refractivity contribution in [3.05, 3.63) is 63.9 Å². The summed E-state index contributed by atoms with van der Waals surface area (Å²) in [6.07, 6.45) is 0. The molecule has 0 heterocycles. The smallest absolute Gasteiger partial charge is 0.128 e. The Morgan fingerprint density at radius 3 is 2.56 bits per heavy atom. The molecule has 0 saturated heterocycles. The van der Waals surface area contributed by atoms with Crippen LogP contribution in [0.2, 0.25) is 10.0 Å². The van der Waals surface area contributed by atoms with Gasteiger partial charge in [0.2, 0.25) is 0 Å². The molecule has 0 radical (unpaired) electrons. The van der Waals surface area contributed by atoms with Gasteiger partial charge in [-0.3, -0.25) is 0 Å². The summed E-state index contributed by atoms with van der Waals surface area (Å²) in [5, 5.41) is 4.30. The highest BCUT2D eigenvalue weighted by Crippen LogP contribution is 2.29. The molecule has 1 atom stereocenters. The molecule has 94 valence electrons. The number of halogens is 3. The molecule has 1 N–H and O–H groups in total. The number of hydrogen-bond donors (Lipinski definition) is 1. The fraction of sp³-hybridized carbons (Fsp3) is 0.143. The molecule has 0 aliphatic carbocycles. The number of nitrogens with one attached hydrogen (secondary N) is 1. The minimum atomic E-state index is -0.240. The summed E-state index contributed by atoms with van der Waals surface area (Å²) < 4.78 is 13.6. The summed E-state index contributed by atoms with van der Waals surface area (Å²) in [4.78, 5) is 0. The van der Waals surface area contributed by atoms with Gasteiger partial charge in [0.1, 0.15) is 5.82 Å². The molecular formula is C14H12Cl2FN. The number of rotatable bonds is 3. The van der Waals surface area contributed by atoms with Gasteiger partial charge in [0.05, 0.1) is 16.8 Å². The predicted octanol–water partition coefficient (Wildman–Crippen LogP) is 5.31. The van der Waals surface area contributed by atoms with E-state index >= 15 is 0 Å². The van der Waals surface area contributed by atoms with Gasteiger partial charge in [0.25, 0.3) is 0 Å². The molecule has 0 spiro atoms. The van der Waals surface area contributed by atoms with E-state index in [1.54, 1.807) is 36.4 Å². The van der Waals surface area contributed by atoms with E-state index < -0.39 is 0 Å². The van der Waals surface area contributed by atoms with Gasteiger partial charge in [-0.1, -0.05) is 41.4 Å². The van der Waals surface area contributed by atoms with E-state index in [-0.39, 0.29) is 11.9 Å². The second-order valence-corrected chi connectivity index (χ2v) is 4.86. The van der Waals surface area contributed by atoms with E-state index in [2.05, 4.69) is 5.32 Å². The fourth-order valence-corrected chi connectivity index (χ4v) is 2.09. The van der Waals surface area contributed by atoms with Gasteiger partial charge in [0.15, 0.2) is 0 Å². The Kier molecular flexibility index (Phi) is 4.10. The lowest BCUT2D eigenvalue weighted by molar-refractivity contribution is 0.600. The van der Waals surface area contributed by atoms with Gasteiger partial charge in [-0.25, -0.2) is 4.39 Å². The summed E-state index contributed by atoms with van der Waals surface area (Å²) >= 11 is 12.0. The van der Waals surface area contributed by atoms with Gasteiger partial charge in [-0.05, 0) is 31.2 Å². The number of anilines is 1. The molecule has 0 aromatic heterocycles. The van der Waals surface area contributed by atoms with Crippen LogP contribution < -0.4 is 5.32 Å². The van der Waals surface area contributed by atoms with Crippen molar-refractivity contribution < 1.29 is 4.39 Å². The molecule has 18 heavy (non-hydrogen) atoms. The zero-order valence-electron chi connectivity index (χ0n) is 9.75. The molecule has 0 amide bonds. The molecular weight excluding hydrogens is 272 g/mol. The Bertz CT molecular complexity index is 557. The quantitative estimate of drug-likeness (QED) is 0.805. The average Bonchev–Trinajstić information content (AvgIpc) is 2.34. The lowest BCUT2D eigenvalue weighted by Crippen LogP contribution is -2.08. The second kappa shape index (κ2) is 5.59. The van der Waals surface area contributed by atoms with Crippen LogP contribution in [0.5, 0.6) is 0 Å². The van der Waals surface area contributed by atoms with Crippen molar-refractivity contribution in [1.29, 1.82) is 0 Å². The standard InChI is InChI=1S/C14H12Cl2FN/c1-9(11-4-2-3-5-13(11)17)18-14-8-10(15)6-7-12(14)16/h2-9,18H,1H3. The van der Waals surface area contributed by atoms with Crippen molar-refractivity contribution in [1.82, 2.24) is 0 Å². The molecule has 0 saturated carbocycles. The molecule has 2 aromatic rings. The van der Waals surface area contributed by atoms with Crippen LogP contribution >= 0.6 is 23.2 Å². The lowest BCUT2D eigenvalue weighted by Gasteiger charge is -2.17. The molecule has 2 aromatic carbocycles. The summed E-state index contributed by atoms with van der Waals surface area (Å²) in [5.74, 6) is -0.240. The lowest BCUT2D eigenvalue weighted by atomic mass is 10.1. The first-order chi connectivity index (χ1) is 8.58. The Labute approximate surface area is 116 Å². The maximum absolute atomic E-state index is 13.6. The third kappa shape index (κ3) is 2.95. The largest absolute Gasteiger partial charge is 0.377 e. The first-order valence-corrected chi connectivity index (χ1v) is 6.29. The molecule has 2 rings (SSSR count). The monoisotopic (exact) mass is 283 g/mol. The van der Waals surface area contributed by atoms with E-state index in [1.807, 2.05) is 6.92 Å². The Morgan fingerprint density at radius 1 is 1.11 bits per heavy atom. The van der Waals surface area contributed by atoms with E-state index in [9.17, 15) is 4.39 Å².